The molecule has 0 N–H and O–H groups in total. The van der Waals surface area contributed by atoms with Crippen LogP contribution in [0.4, 0.5) is 0 Å². The lowest BCUT2D eigenvalue weighted by molar-refractivity contribution is -0.118. The quantitative estimate of drug-likeness (QED) is 0.723. The van der Waals surface area contributed by atoms with Gasteiger partial charge in [0.1, 0.15) is 5.78 Å². The van der Waals surface area contributed by atoms with E-state index in [-0.39, 0.29) is 0 Å². The fraction of sp³-hybridized carbons (Fsp3) is 0.909. The molecular weight excluding hydrogens is 212 g/mol. The molecule has 0 spiro atoms. The Morgan fingerprint density at radius 1 is 1.29 bits per heavy atom. The summed E-state index contributed by atoms with van der Waals surface area (Å²) in [7, 11) is 0. The topological polar surface area (TPSA) is 17.1 Å². The molecule has 0 bridgehead atoms. The zero-order valence-electron chi connectivity index (χ0n) is 9.12. The van der Waals surface area contributed by atoms with Gasteiger partial charge in [-0.1, -0.05) is 20.3 Å². The third-order valence-corrected chi connectivity index (χ3v) is 5.84. The summed E-state index contributed by atoms with van der Waals surface area (Å²) in [5.41, 5.74) is 0. The van der Waals surface area contributed by atoms with Crippen LogP contribution in [0.1, 0.15) is 39.5 Å². The summed E-state index contributed by atoms with van der Waals surface area (Å²) < 4.78 is 0. The predicted octanol–water partition coefficient (Wildman–Crippen LogP) is 3.37. The second-order valence-electron chi connectivity index (χ2n) is 3.68. The monoisotopic (exact) mass is 232 g/mol. The van der Waals surface area contributed by atoms with Crippen LogP contribution in [0.15, 0.2) is 0 Å². The summed E-state index contributed by atoms with van der Waals surface area (Å²) in [6.07, 6.45) is 4.13. The van der Waals surface area contributed by atoms with Gasteiger partial charge in [0.15, 0.2) is 0 Å². The maximum Gasteiger partial charge on any atom is 0.146 e. The standard InChI is InChI=1S/C11H20OS2/c1-3-5-6-9(12)11-10(4-2)13-7-8-14-11/h10-11H,3-8H2,1-2H3. The van der Waals surface area contributed by atoms with Crippen LogP contribution in [0, 0.1) is 0 Å². The van der Waals surface area contributed by atoms with Crippen molar-refractivity contribution >= 4 is 29.3 Å². The minimum Gasteiger partial charge on any atom is -0.298 e. The van der Waals surface area contributed by atoms with Gasteiger partial charge in [-0.25, -0.2) is 0 Å². The van der Waals surface area contributed by atoms with Crippen molar-refractivity contribution in [2.75, 3.05) is 11.5 Å². The molecule has 1 fully saturated rings. The van der Waals surface area contributed by atoms with E-state index >= 15 is 0 Å². The molecule has 0 aromatic heterocycles. The number of thioether (sulfide) groups is 2. The Morgan fingerprint density at radius 2 is 2.00 bits per heavy atom. The Kier molecular flexibility index (Phi) is 6.02. The van der Waals surface area contributed by atoms with Gasteiger partial charge >= 0.3 is 0 Å². The number of hydrogen-bond acceptors (Lipinski definition) is 3. The Labute approximate surface area is 95.8 Å². The number of unbranched alkanes of at least 4 members (excludes halogenated alkanes) is 1. The molecule has 82 valence electrons. The van der Waals surface area contributed by atoms with E-state index in [2.05, 4.69) is 13.8 Å². The minimum absolute atomic E-state index is 0.297. The normalized spacial score (nSPS) is 27.6. The van der Waals surface area contributed by atoms with Crippen molar-refractivity contribution in [2.45, 2.75) is 50.0 Å². The smallest absolute Gasteiger partial charge is 0.146 e. The summed E-state index contributed by atoms with van der Waals surface area (Å²) in [6.45, 7) is 4.34. The molecule has 0 amide bonds. The maximum absolute atomic E-state index is 11.9. The summed E-state index contributed by atoms with van der Waals surface area (Å²) in [5, 5.41) is 0.878. The predicted molar refractivity (Wildman–Crippen MR) is 67.3 cm³/mol. The highest BCUT2D eigenvalue weighted by Crippen LogP contribution is 2.34. The summed E-state index contributed by atoms with van der Waals surface area (Å²) >= 11 is 3.88. The third-order valence-electron chi connectivity index (χ3n) is 2.55. The second-order valence-corrected chi connectivity index (χ2v) is 6.28. The molecule has 1 aliphatic heterocycles. The fourth-order valence-electron chi connectivity index (χ4n) is 1.69. The van der Waals surface area contributed by atoms with E-state index in [4.69, 9.17) is 0 Å². The number of rotatable bonds is 5. The average molecular weight is 232 g/mol. The van der Waals surface area contributed by atoms with Gasteiger partial charge in [0.05, 0.1) is 5.25 Å². The first-order chi connectivity index (χ1) is 6.79. The highest BCUT2D eigenvalue weighted by molar-refractivity contribution is 8.07. The fourth-order valence-corrected chi connectivity index (χ4v) is 4.77. The van der Waals surface area contributed by atoms with Crippen molar-refractivity contribution in [1.82, 2.24) is 0 Å². The molecule has 1 saturated heterocycles. The summed E-state index contributed by atoms with van der Waals surface area (Å²) in [4.78, 5) is 11.9. The van der Waals surface area contributed by atoms with Gasteiger partial charge in [-0.05, 0) is 12.8 Å². The van der Waals surface area contributed by atoms with Crippen LogP contribution in [0.3, 0.4) is 0 Å². The summed E-state index contributed by atoms with van der Waals surface area (Å²) in [6, 6.07) is 0. The van der Waals surface area contributed by atoms with Crippen molar-refractivity contribution in [3.63, 3.8) is 0 Å². The molecule has 2 unspecified atom stereocenters. The van der Waals surface area contributed by atoms with E-state index in [1.165, 1.54) is 5.75 Å². The minimum atomic E-state index is 0.297. The summed E-state index contributed by atoms with van der Waals surface area (Å²) in [5.74, 6) is 2.88. The number of carbonyl (C=O) groups excluding carboxylic acids is 1. The molecule has 0 radical (unpaired) electrons. The van der Waals surface area contributed by atoms with Crippen molar-refractivity contribution in [1.29, 1.82) is 0 Å². The van der Waals surface area contributed by atoms with E-state index in [0.29, 0.717) is 16.3 Å². The zero-order valence-corrected chi connectivity index (χ0v) is 10.8. The molecule has 2 atom stereocenters. The highest BCUT2D eigenvalue weighted by Gasteiger charge is 2.29. The molecule has 14 heavy (non-hydrogen) atoms. The third kappa shape index (κ3) is 3.50. The van der Waals surface area contributed by atoms with Gasteiger partial charge in [0.2, 0.25) is 0 Å². The van der Waals surface area contributed by atoms with Gasteiger partial charge in [-0.15, -0.1) is 11.8 Å². The van der Waals surface area contributed by atoms with Crippen molar-refractivity contribution < 1.29 is 4.79 Å². The van der Waals surface area contributed by atoms with Crippen LogP contribution in [-0.2, 0) is 4.79 Å². The van der Waals surface area contributed by atoms with Gasteiger partial charge in [0.25, 0.3) is 0 Å². The van der Waals surface area contributed by atoms with Crippen LogP contribution in [0.2, 0.25) is 0 Å². The SMILES string of the molecule is CCCCC(=O)C1SCCSC1CC. The van der Waals surface area contributed by atoms with E-state index in [9.17, 15) is 4.79 Å². The molecule has 1 heterocycles. The molecule has 0 aromatic rings. The maximum atomic E-state index is 11.9. The first-order valence-electron chi connectivity index (χ1n) is 5.55. The molecule has 1 aliphatic rings. The lowest BCUT2D eigenvalue weighted by Gasteiger charge is -2.28. The van der Waals surface area contributed by atoms with E-state index in [0.717, 1.165) is 31.4 Å². The molecule has 1 rings (SSSR count). The van der Waals surface area contributed by atoms with Crippen LogP contribution >= 0.6 is 23.5 Å². The average Bonchev–Trinajstić information content (AvgIpc) is 2.25. The van der Waals surface area contributed by atoms with Crippen molar-refractivity contribution in [2.24, 2.45) is 0 Å². The van der Waals surface area contributed by atoms with Crippen molar-refractivity contribution in [3.8, 4) is 0 Å². The van der Waals surface area contributed by atoms with Gasteiger partial charge in [-0.3, -0.25) is 4.79 Å². The number of ketones is 1. The molecular formula is C11H20OS2. The lowest BCUT2D eigenvalue weighted by atomic mass is 10.1. The van der Waals surface area contributed by atoms with Gasteiger partial charge in [0, 0.05) is 23.2 Å². The van der Waals surface area contributed by atoms with Crippen LogP contribution in [-0.4, -0.2) is 27.8 Å². The van der Waals surface area contributed by atoms with Gasteiger partial charge < -0.3 is 0 Å². The number of hydrogen-bond donors (Lipinski definition) is 0. The Morgan fingerprint density at radius 3 is 2.64 bits per heavy atom. The van der Waals surface area contributed by atoms with Gasteiger partial charge in [-0.2, -0.15) is 11.8 Å². The van der Waals surface area contributed by atoms with E-state index < -0.39 is 0 Å². The number of Topliss-reactive ketones (excluding diaryl/α,β-unsaturated/α-hetero) is 1. The van der Waals surface area contributed by atoms with Crippen molar-refractivity contribution in [3.05, 3.63) is 0 Å². The Bertz CT molecular complexity index is 182. The molecule has 0 aliphatic carbocycles. The van der Waals surface area contributed by atoms with Crippen LogP contribution in [0.5, 0.6) is 0 Å². The largest absolute Gasteiger partial charge is 0.298 e. The highest BCUT2D eigenvalue weighted by atomic mass is 32.2. The van der Waals surface area contributed by atoms with Crippen LogP contribution in [0.25, 0.3) is 0 Å². The van der Waals surface area contributed by atoms with E-state index in [1.807, 2.05) is 23.5 Å². The molecule has 3 heteroatoms. The second kappa shape index (κ2) is 6.78. The lowest BCUT2D eigenvalue weighted by Crippen LogP contribution is -2.32. The van der Waals surface area contributed by atoms with E-state index in [1.54, 1.807) is 0 Å². The molecule has 0 aromatic carbocycles. The first-order valence-corrected chi connectivity index (χ1v) is 7.65. The molecule has 1 nitrogen and oxygen atoms in total. The Balaban J connectivity index is 2.41. The molecule has 0 saturated carbocycles. The zero-order chi connectivity index (χ0) is 10.4. The first kappa shape index (κ1) is 12.4. The van der Waals surface area contributed by atoms with Crippen LogP contribution < -0.4 is 0 Å². The number of carbonyl (C=O) groups is 1. The Hall–Kier alpha value is 0.370.